The normalized spacial score (nSPS) is 11.3. The zero-order chi connectivity index (χ0) is 14.9. The molecule has 2 rings (SSSR count). The molecule has 106 valence electrons. The maximum absolute atomic E-state index is 12.1. The second-order valence-electron chi connectivity index (χ2n) is 4.14. The van der Waals surface area contributed by atoms with E-state index in [1.54, 1.807) is 19.9 Å². The maximum atomic E-state index is 12.1. The Hall–Kier alpha value is -1.93. The number of aromatic carboxylic acids is 1. The predicted octanol–water partition coefficient (Wildman–Crippen LogP) is 2.26. The van der Waals surface area contributed by atoms with Crippen LogP contribution in [0.15, 0.2) is 28.6 Å². The van der Waals surface area contributed by atoms with E-state index in [1.807, 2.05) is 0 Å². The summed E-state index contributed by atoms with van der Waals surface area (Å²) in [7, 11) is -3.73. The highest BCUT2D eigenvalue weighted by atomic mass is 32.2. The minimum atomic E-state index is -3.73. The molecule has 0 saturated carbocycles. The molecule has 0 aliphatic heterocycles. The Kier molecular flexibility index (Phi) is 3.78. The highest BCUT2D eigenvalue weighted by Gasteiger charge is 2.18. The third-order valence-electron chi connectivity index (χ3n) is 2.59. The average Bonchev–Trinajstić information content (AvgIpc) is 2.78. The number of aromatic nitrogens is 1. The van der Waals surface area contributed by atoms with Gasteiger partial charge in [0.05, 0.1) is 16.8 Å². The lowest BCUT2D eigenvalue weighted by Crippen LogP contribution is -2.12. The molecule has 2 aromatic rings. The van der Waals surface area contributed by atoms with Crippen LogP contribution in [-0.4, -0.2) is 24.5 Å². The van der Waals surface area contributed by atoms with E-state index in [0.29, 0.717) is 10.6 Å². The lowest BCUT2D eigenvalue weighted by Gasteiger charge is -2.08. The van der Waals surface area contributed by atoms with Crippen LogP contribution in [0.3, 0.4) is 0 Å². The quantitative estimate of drug-likeness (QED) is 0.902. The Labute approximate surface area is 120 Å². The molecular formula is C12H12N2O4S2. The molecule has 2 N–H and O–H groups in total. The second kappa shape index (κ2) is 5.22. The largest absolute Gasteiger partial charge is 0.478 e. The summed E-state index contributed by atoms with van der Waals surface area (Å²) >= 11 is 1.05. The number of nitrogens with one attached hydrogen (secondary N) is 1. The van der Waals surface area contributed by atoms with Gasteiger partial charge in [0.15, 0.2) is 4.21 Å². The number of carboxylic acid groups (broad SMARTS) is 1. The van der Waals surface area contributed by atoms with Crippen molar-refractivity contribution in [3.8, 4) is 0 Å². The molecule has 0 aliphatic rings. The molecule has 8 heteroatoms. The Bertz CT molecular complexity index is 766. The van der Waals surface area contributed by atoms with Crippen LogP contribution in [0.1, 0.15) is 20.9 Å². The number of anilines is 1. The number of hydrogen-bond acceptors (Lipinski definition) is 5. The lowest BCUT2D eigenvalue weighted by molar-refractivity contribution is 0.0696. The van der Waals surface area contributed by atoms with Crippen LogP contribution >= 0.6 is 11.3 Å². The number of carbonyl (C=O) groups is 1. The van der Waals surface area contributed by atoms with Crippen molar-refractivity contribution in [2.24, 2.45) is 0 Å². The summed E-state index contributed by atoms with van der Waals surface area (Å²) in [4.78, 5) is 14.9. The topological polar surface area (TPSA) is 96.4 Å². The van der Waals surface area contributed by atoms with Crippen LogP contribution in [0.25, 0.3) is 0 Å². The van der Waals surface area contributed by atoms with Gasteiger partial charge in [-0.15, -0.1) is 11.3 Å². The standard InChI is InChI=1S/C12H12N2O4S2/c1-7-3-4-9(5-10(7)12(15)16)14-20(17,18)11-6-13-8(2)19-11/h3-6,14H,1-2H3,(H,15,16). The minimum Gasteiger partial charge on any atom is -0.478 e. The summed E-state index contributed by atoms with van der Waals surface area (Å²) in [5, 5.41) is 9.66. The summed E-state index contributed by atoms with van der Waals surface area (Å²) in [6.45, 7) is 3.35. The van der Waals surface area contributed by atoms with E-state index in [0.717, 1.165) is 11.3 Å². The van der Waals surface area contributed by atoms with E-state index >= 15 is 0 Å². The van der Waals surface area contributed by atoms with Gasteiger partial charge in [0, 0.05) is 5.69 Å². The Morgan fingerprint density at radius 3 is 2.60 bits per heavy atom. The molecule has 0 unspecified atom stereocenters. The number of sulfonamides is 1. The van der Waals surface area contributed by atoms with Crippen molar-refractivity contribution < 1.29 is 18.3 Å². The predicted molar refractivity (Wildman–Crippen MR) is 75.8 cm³/mol. The number of benzene rings is 1. The summed E-state index contributed by atoms with van der Waals surface area (Å²) < 4.78 is 26.6. The summed E-state index contributed by atoms with van der Waals surface area (Å²) in [5.74, 6) is -1.10. The third kappa shape index (κ3) is 2.97. The first-order chi connectivity index (χ1) is 9.29. The number of carboxylic acids is 1. The smallest absolute Gasteiger partial charge is 0.336 e. The van der Waals surface area contributed by atoms with E-state index in [2.05, 4.69) is 9.71 Å². The monoisotopic (exact) mass is 312 g/mol. The fourth-order valence-corrected chi connectivity index (χ4v) is 3.74. The van der Waals surface area contributed by atoms with Crippen molar-refractivity contribution in [1.82, 2.24) is 4.98 Å². The Morgan fingerprint density at radius 1 is 1.35 bits per heavy atom. The molecule has 0 saturated heterocycles. The van der Waals surface area contributed by atoms with Gasteiger partial charge in [-0.3, -0.25) is 4.72 Å². The molecular weight excluding hydrogens is 300 g/mol. The van der Waals surface area contributed by atoms with Crippen LogP contribution in [-0.2, 0) is 10.0 Å². The first kappa shape index (κ1) is 14.5. The molecule has 20 heavy (non-hydrogen) atoms. The Morgan fingerprint density at radius 2 is 2.05 bits per heavy atom. The van der Waals surface area contributed by atoms with Crippen LogP contribution in [0.4, 0.5) is 5.69 Å². The van der Waals surface area contributed by atoms with Crippen LogP contribution in [0.5, 0.6) is 0 Å². The molecule has 1 aromatic carbocycles. The fourth-order valence-electron chi connectivity index (χ4n) is 1.59. The van der Waals surface area contributed by atoms with Crippen molar-refractivity contribution in [3.63, 3.8) is 0 Å². The minimum absolute atomic E-state index is 0.0608. The van der Waals surface area contributed by atoms with Crippen molar-refractivity contribution in [2.75, 3.05) is 4.72 Å². The number of aryl methyl sites for hydroxylation is 2. The summed E-state index contributed by atoms with van der Waals surface area (Å²) in [6.07, 6.45) is 1.27. The van der Waals surface area contributed by atoms with Gasteiger partial charge in [0.2, 0.25) is 0 Å². The number of nitrogens with zero attached hydrogens (tertiary/aromatic N) is 1. The molecule has 1 heterocycles. The second-order valence-corrected chi connectivity index (χ2v) is 7.28. The lowest BCUT2D eigenvalue weighted by atomic mass is 10.1. The molecule has 0 amide bonds. The molecule has 0 bridgehead atoms. The highest BCUT2D eigenvalue weighted by molar-refractivity contribution is 7.94. The summed E-state index contributed by atoms with van der Waals surface area (Å²) in [6, 6.07) is 4.37. The molecule has 1 aromatic heterocycles. The third-order valence-corrected chi connectivity index (χ3v) is 5.34. The van der Waals surface area contributed by atoms with Crippen LogP contribution in [0, 0.1) is 13.8 Å². The van der Waals surface area contributed by atoms with E-state index in [4.69, 9.17) is 5.11 Å². The zero-order valence-electron chi connectivity index (χ0n) is 10.7. The van der Waals surface area contributed by atoms with Gasteiger partial charge in [0.25, 0.3) is 10.0 Å². The SMILES string of the molecule is Cc1ncc(S(=O)(=O)Nc2ccc(C)c(C(=O)O)c2)s1. The molecule has 0 radical (unpaired) electrons. The first-order valence-corrected chi connectivity index (χ1v) is 7.89. The number of thiazole rings is 1. The van der Waals surface area contributed by atoms with Crippen molar-refractivity contribution in [2.45, 2.75) is 18.1 Å². The molecule has 6 nitrogen and oxygen atoms in total. The van der Waals surface area contributed by atoms with Gasteiger partial charge in [0.1, 0.15) is 0 Å². The van der Waals surface area contributed by atoms with E-state index in [-0.39, 0.29) is 15.5 Å². The van der Waals surface area contributed by atoms with Gasteiger partial charge < -0.3 is 5.11 Å². The van der Waals surface area contributed by atoms with Crippen molar-refractivity contribution in [3.05, 3.63) is 40.5 Å². The molecule has 0 fully saturated rings. The summed E-state index contributed by atoms with van der Waals surface area (Å²) in [5.41, 5.74) is 0.832. The molecule has 0 atom stereocenters. The highest BCUT2D eigenvalue weighted by Crippen LogP contribution is 2.23. The molecule has 0 aliphatic carbocycles. The van der Waals surface area contributed by atoms with Crippen LogP contribution in [0.2, 0.25) is 0 Å². The maximum Gasteiger partial charge on any atom is 0.336 e. The number of hydrogen-bond donors (Lipinski definition) is 2. The van der Waals surface area contributed by atoms with Gasteiger partial charge in [-0.1, -0.05) is 6.07 Å². The van der Waals surface area contributed by atoms with E-state index in [9.17, 15) is 13.2 Å². The van der Waals surface area contributed by atoms with E-state index in [1.165, 1.54) is 18.3 Å². The fraction of sp³-hybridized carbons (Fsp3) is 0.167. The van der Waals surface area contributed by atoms with Gasteiger partial charge in [-0.25, -0.2) is 18.2 Å². The van der Waals surface area contributed by atoms with E-state index < -0.39 is 16.0 Å². The Balaban J connectivity index is 2.35. The van der Waals surface area contributed by atoms with Gasteiger partial charge in [-0.2, -0.15) is 0 Å². The number of rotatable bonds is 4. The molecule has 0 spiro atoms. The van der Waals surface area contributed by atoms with Crippen molar-refractivity contribution in [1.29, 1.82) is 0 Å². The zero-order valence-corrected chi connectivity index (χ0v) is 12.4. The average molecular weight is 312 g/mol. The first-order valence-electron chi connectivity index (χ1n) is 5.59. The van der Waals surface area contributed by atoms with Crippen LogP contribution < -0.4 is 4.72 Å². The van der Waals surface area contributed by atoms with Gasteiger partial charge >= 0.3 is 5.97 Å². The van der Waals surface area contributed by atoms with Gasteiger partial charge in [-0.05, 0) is 31.5 Å². The van der Waals surface area contributed by atoms with Crippen molar-refractivity contribution >= 4 is 33.0 Å².